The van der Waals surface area contributed by atoms with Crippen LogP contribution < -0.4 is 11.5 Å². The Morgan fingerprint density at radius 1 is 1.31 bits per heavy atom. The summed E-state index contributed by atoms with van der Waals surface area (Å²) in [6.45, 7) is 0. The summed E-state index contributed by atoms with van der Waals surface area (Å²) in [5.74, 6) is -2.20. The van der Waals surface area contributed by atoms with E-state index >= 15 is 0 Å². The number of rotatable bonds is 3. The van der Waals surface area contributed by atoms with Crippen molar-refractivity contribution in [3.63, 3.8) is 0 Å². The van der Waals surface area contributed by atoms with Crippen molar-refractivity contribution in [3.05, 3.63) is 0 Å². The predicted molar refractivity (Wildman–Crippen MR) is 44.2 cm³/mol. The van der Waals surface area contributed by atoms with Gasteiger partial charge in [-0.05, 0) is 12.8 Å². The minimum absolute atomic E-state index is 0.293. The lowest BCUT2D eigenvalue weighted by Gasteiger charge is -2.24. The fourth-order valence-corrected chi connectivity index (χ4v) is 1.95. The zero-order valence-corrected chi connectivity index (χ0v) is 7.16. The van der Waals surface area contributed by atoms with Gasteiger partial charge in [-0.25, -0.2) is 0 Å². The molecule has 5 heteroatoms. The molecule has 1 unspecified atom stereocenters. The summed E-state index contributed by atoms with van der Waals surface area (Å²) in [7, 11) is 0. The van der Waals surface area contributed by atoms with Gasteiger partial charge in [0.1, 0.15) is 11.7 Å². The molecule has 2 amide bonds. The molecular formula is C8H12N2O3. The Morgan fingerprint density at radius 2 is 1.85 bits per heavy atom. The second-order valence-corrected chi connectivity index (χ2v) is 3.33. The number of primary amides is 2. The van der Waals surface area contributed by atoms with Crippen LogP contribution in [0.3, 0.4) is 0 Å². The third kappa shape index (κ3) is 1.20. The van der Waals surface area contributed by atoms with Crippen molar-refractivity contribution in [1.82, 2.24) is 0 Å². The summed E-state index contributed by atoms with van der Waals surface area (Å²) in [5, 5.41) is 0. The molecule has 1 rings (SSSR count). The molecule has 1 aliphatic carbocycles. The molecule has 0 aliphatic heterocycles. The van der Waals surface area contributed by atoms with E-state index in [9.17, 15) is 14.4 Å². The number of carbonyl (C=O) groups excluding carboxylic acids is 3. The number of nitrogens with two attached hydrogens (primary N) is 2. The molecule has 4 N–H and O–H groups in total. The van der Waals surface area contributed by atoms with E-state index in [2.05, 4.69) is 0 Å². The quantitative estimate of drug-likeness (QED) is 0.431. The number of aldehydes is 1. The van der Waals surface area contributed by atoms with Crippen LogP contribution in [0.25, 0.3) is 0 Å². The Balaban J connectivity index is 3.09. The van der Waals surface area contributed by atoms with Gasteiger partial charge < -0.3 is 16.3 Å². The van der Waals surface area contributed by atoms with Gasteiger partial charge >= 0.3 is 0 Å². The predicted octanol–water partition coefficient (Wildman–Crippen LogP) is -1.06. The van der Waals surface area contributed by atoms with Crippen LogP contribution in [0.5, 0.6) is 0 Å². The maximum atomic E-state index is 11.1. The minimum atomic E-state index is -1.43. The van der Waals surface area contributed by atoms with Gasteiger partial charge in [-0.2, -0.15) is 0 Å². The van der Waals surface area contributed by atoms with Crippen LogP contribution in [0.2, 0.25) is 0 Å². The van der Waals surface area contributed by atoms with E-state index < -0.39 is 23.1 Å². The van der Waals surface area contributed by atoms with Crippen molar-refractivity contribution in [2.24, 2.45) is 22.8 Å². The van der Waals surface area contributed by atoms with E-state index in [1.54, 1.807) is 0 Å². The lowest BCUT2D eigenvalue weighted by molar-refractivity contribution is -0.144. The van der Waals surface area contributed by atoms with Gasteiger partial charge in [-0.3, -0.25) is 9.59 Å². The zero-order chi connectivity index (χ0) is 10.1. The van der Waals surface area contributed by atoms with Gasteiger partial charge in [0.05, 0.1) is 0 Å². The highest BCUT2D eigenvalue weighted by atomic mass is 16.2. The average molecular weight is 184 g/mol. The van der Waals surface area contributed by atoms with Gasteiger partial charge in [0.25, 0.3) is 0 Å². The highest BCUT2D eigenvalue weighted by molar-refractivity contribution is 6.06. The van der Waals surface area contributed by atoms with E-state index in [-0.39, 0.29) is 0 Å². The first-order valence-electron chi connectivity index (χ1n) is 4.11. The third-order valence-corrected chi connectivity index (χ3v) is 2.76. The fourth-order valence-electron chi connectivity index (χ4n) is 1.95. The molecule has 0 aromatic carbocycles. The van der Waals surface area contributed by atoms with Crippen molar-refractivity contribution >= 4 is 18.1 Å². The number of amides is 2. The highest BCUT2D eigenvalue weighted by Crippen LogP contribution is 2.41. The SMILES string of the molecule is NC(=O)C1(C(N)=O)CCCC1C=O. The Kier molecular flexibility index (Phi) is 2.36. The van der Waals surface area contributed by atoms with E-state index in [1.807, 2.05) is 0 Å². The average Bonchev–Trinajstić information content (AvgIpc) is 2.47. The Hall–Kier alpha value is -1.39. The molecule has 0 bridgehead atoms. The molecule has 1 atom stereocenters. The van der Waals surface area contributed by atoms with Gasteiger partial charge in [-0.15, -0.1) is 0 Å². The second kappa shape index (κ2) is 3.16. The maximum Gasteiger partial charge on any atom is 0.233 e. The van der Waals surface area contributed by atoms with Crippen LogP contribution in [0.1, 0.15) is 19.3 Å². The molecule has 13 heavy (non-hydrogen) atoms. The first-order chi connectivity index (χ1) is 6.05. The largest absolute Gasteiger partial charge is 0.369 e. The first-order valence-corrected chi connectivity index (χ1v) is 4.11. The Bertz CT molecular complexity index is 248. The smallest absolute Gasteiger partial charge is 0.233 e. The number of hydrogen-bond acceptors (Lipinski definition) is 3. The standard InChI is InChI=1S/C8H12N2O3/c9-6(12)8(7(10)13)3-1-2-5(8)4-11/h4-5H,1-3H2,(H2,9,12)(H2,10,13). The lowest BCUT2D eigenvalue weighted by atomic mass is 9.77. The highest BCUT2D eigenvalue weighted by Gasteiger charge is 2.52. The van der Waals surface area contributed by atoms with Crippen molar-refractivity contribution in [3.8, 4) is 0 Å². The fraction of sp³-hybridized carbons (Fsp3) is 0.625. The number of carbonyl (C=O) groups is 3. The molecule has 0 aromatic rings. The Labute approximate surface area is 75.5 Å². The molecule has 1 aliphatic rings. The lowest BCUT2D eigenvalue weighted by Crippen LogP contribution is -2.50. The summed E-state index contributed by atoms with van der Waals surface area (Å²) in [5.41, 5.74) is 8.77. The van der Waals surface area contributed by atoms with Crippen LogP contribution in [-0.2, 0) is 14.4 Å². The first kappa shape index (κ1) is 9.70. The molecule has 1 saturated carbocycles. The van der Waals surface area contributed by atoms with Gasteiger partial charge in [0.2, 0.25) is 11.8 Å². The van der Waals surface area contributed by atoms with Crippen molar-refractivity contribution in [2.75, 3.05) is 0 Å². The maximum absolute atomic E-state index is 11.1. The number of hydrogen-bond donors (Lipinski definition) is 2. The van der Waals surface area contributed by atoms with Crippen LogP contribution in [0.15, 0.2) is 0 Å². The second-order valence-electron chi connectivity index (χ2n) is 3.33. The summed E-state index contributed by atoms with van der Waals surface area (Å²) in [6.07, 6.45) is 2.04. The summed E-state index contributed by atoms with van der Waals surface area (Å²) in [6, 6.07) is 0. The molecule has 0 heterocycles. The Morgan fingerprint density at radius 3 is 2.15 bits per heavy atom. The van der Waals surface area contributed by atoms with E-state index in [4.69, 9.17) is 11.5 Å². The zero-order valence-electron chi connectivity index (χ0n) is 7.16. The summed E-state index contributed by atoms with van der Waals surface area (Å²) >= 11 is 0. The van der Waals surface area contributed by atoms with E-state index in [1.165, 1.54) is 0 Å². The van der Waals surface area contributed by atoms with Crippen molar-refractivity contribution in [2.45, 2.75) is 19.3 Å². The van der Waals surface area contributed by atoms with Crippen LogP contribution >= 0.6 is 0 Å². The molecule has 0 saturated heterocycles. The minimum Gasteiger partial charge on any atom is -0.369 e. The normalized spacial score (nSPS) is 25.4. The monoisotopic (exact) mass is 184 g/mol. The van der Waals surface area contributed by atoms with Crippen molar-refractivity contribution < 1.29 is 14.4 Å². The molecule has 72 valence electrons. The van der Waals surface area contributed by atoms with Crippen LogP contribution in [0, 0.1) is 11.3 Å². The van der Waals surface area contributed by atoms with Crippen LogP contribution in [0.4, 0.5) is 0 Å². The third-order valence-electron chi connectivity index (χ3n) is 2.76. The summed E-state index contributed by atoms with van der Waals surface area (Å²) in [4.78, 5) is 32.8. The topological polar surface area (TPSA) is 103 Å². The van der Waals surface area contributed by atoms with Gasteiger partial charge in [0, 0.05) is 5.92 Å². The van der Waals surface area contributed by atoms with Gasteiger partial charge in [-0.1, -0.05) is 6.42 Å². The molecule has 0 spiro atoms. The summed E-state index contributed by atoms with van der Waals surface area (Å²) < 4.78 is 0. The van der Waals surface area contributed by atoms with Crippen LogP contribution in [-0.4, -0.2) is 18.1 Å². The van der Waals surface area contributed by atoms with E-state index in [0.29, 0.717) is 25.5 Å². The van der Waals surface area contributed by atoms with Crippen molar-refractivity contribution in [1.29, 1.82) is 0 Å². The molecule has 0 radical (unpaired) electrons. The van der Waals surface area contributed by atoms with E-state index in [0.717, 1.165) is 0 Å². The molecule has 1 fully saturated rings. The van der Waals surface area contributed by atoms with Gasteiger partial charge in [0.15, 0.2) is 0 Å². The molecular weight excluding hydrogens is 172 g/mol. The molecule has 0 aromatic heterocycles. The molecule has 5 nitrogen and oxygen atoms in total.